The number of unbranched alkanes of at least 4 members (excludes halogenated alkanes) is 4. The van der Waals surface area contributed by atoms with Crippen LogP contribution in [0.15, 0.2) is 0 Å². The molecule has 0 unspecified atom stereocenters. The number of hydrogen-bond donors (Lipinski definition) is 2. The van der Waals surface area contributed by atoms with E-state index >= 15 is 0 Å². The summed E-state index contributed by atoms with van der Waals surface area (Å²) in [7, 11) is 0. The minimum Gasteiger partial charge on any atom is -0.390 e. The Bertz CT molecular complexity index is 101. The zero-order valence-electron chi connectivity index (χ0n) is 9.71. The minimum absolute atomic E-state index is 0.501. The summed E-state index contributed by atoms with van der Waals surface area (Å²) in [4.78, 5) is 0. The van der Waals surface area contributed by atoms with Crippen molar-refractivity contribution in [1.29, 1.82) is 0 Å². The fraction of sp³-hybridized carbons (Fsp3) is 1.00. The van der Waals surface area contributed by atoms with Gasteiger partial charge < -0.3 is 10.2 Å². The van der Waals surface area contributed by atoms with Crippen LogP contribution in [0.5, 0.6) is 0 Å². The maximum atomic E-state index is 9.59. The fourth-order valence-electron chi connectivity index (χ4n) is 1.59. The molecule has 0 saturated carbocycles. The van der Waals surface area contributed by atoms with Crippen LogP contribution >= 0.6 is 0 Å². The molecule has 0 aliphatic carbocycles. The van der Waals surface area contributed by atoms with Crippen LogP contribution < -0.4 is 0 Å². The van der Waals surface area contributed by atoms with Gasteiger partial charge in [0.25, 0.3) is 0 Å². The van der Waals surface area contributed by atoms with Gasteiger partial charge in [0.05, 0.1) is 12.2 Å². The lowest BCUT2D eigenvalue weighted by Crippen LogP contribution is -2.25. The Labute approximate surface area is 88.3 Å². The van der Waals surface area contributed by atoms with Crippen LogP contribution in [0.1, 0.15) is 65.2 Å². The van der Waals surface area contributed by atoms with Gasteiger partial charge in [0.2, 0.25) is 0 Å². The second-order valence-corrected chi connectivity index (χ2v) is 4.13. The van der Waals surface area contributed by atoms with Crippen molar-refractivity contribution in [2.75, 3.05) is 0 Å². The number of aliphatic hydroxyl groups excluding tert-OH is 2. The van der Waals surface area contributed by atoms with E-state index < -0.39 is 12.2 Å². The molecule has 2 N–H and O–H groups in total. The van der Waals surface area contributed by atoms with Crippen LogP contribution in [0, 0.1) is 0 Å². The van der Waals surface area contributed by atoms with Crippen molar-refractivity contribution >= 4 is 0 Å². The summed E-state index contributed by atoms with van der Waals surface area (Å²) in [5, 5.41) is 19.2. The van der Waals surface area contributed by atoms with Crippen molar-refractivity contribution in [2.24, 2.45) is 0 Å². The summed E-state index contributed by atoms with van der Waals surface area (Å²) in [6.45, 7) is 4.29. The summed E-state index contributed by atoms with van der Waals surface area (Å²) in [5.41, 5.74) is 0. The summed E-state index contributed by atoms with van der Waals surface area (Å²) >= 11 is 0. The molecule has 0 fully saturated rings. The molecule has 0 radical (unpaired) electrons. The zero-order valence-corrected chi connectivity index (χ0v) is 9.71. The first kappa shape index (κ1) is 13.9. The van der Waals surface area contributed by atoms with Crippen molar-refractivity contribution in [3.8, 4) is 0 Å². The van der Waals surface area contributed by atoms with Gasteiger partial charge in [0, 0.05) is 0 Å². The molecule has 0 aliphatic heterocycles. The molecule has 0 aliphatic rings. The van der Waals surface area contributed by atoms with Crippen molar-refractivity contribution < 1.29 is 10.2 Å². The van der Waals surface area contributed by atoms with Crippen LogP contribution in [-0.4, -0.2) is 22.4 Å². The zero-order chi connectivity index (χ0) is 10.8. The summed E-state index contributed by atoms with van der Waals surface area (Å²) in [6.07, 6.45) is 7.19. The van der Waals surface area contributed by atoms with Crippen LogP contribution in [0.2, 0.25) is 0 Å². The maximum absolute atomic E-state index is 9.59. The largest absolute Gasteiger partial charge is 0.390 e. The maximum Gasteiger partial charge on any atom is 0.0799 e. The molecule has 0 amide bonds. The minimum atomic E-state index is -0.501. The van der Waals surface area contributed by atoms with Crippen LogP contribution in [0.4, 0.5) is 0 Å². The molecular formula is C12H26O2. The van der Waals surface area contributed by atoms with Crippen molar-refractivity contribution in [3.05, 3.63) is 0 Å². The molecule has 86 valence electrons. The van der Waals surface area contributed by atoms with E-state index in [4.69, 9.17) is 0 Å². The second kappa shape index (κ2) is 9.47. The van der Waals surface area contributed by atoms with E-state index in [2.05, 4.69) is 13.8 Å². The van der Waals surface area contributed by atoms with E-state index in [1.54, 1.807) is 0 Å². The molecule has 14 heavy (non-hydrogen) atoms. The fourth-order valence-corrected chi connectivity index (χ4v) is 1.59. The van der Waals surface area contributed by atoms with Crippen molar-refractivity contribution in [1.82, 2.24) is 0 Å². The van der Waals surface area contributed by atoms with Crippen LogP contribution in [0.3, 0.4) is 0 Å². The monoisotopic (exact) mass is 202 g/mol. The Hall–Kier alpha value is -0.0800. The standard InChI is InChI=1S/C12H26O2/c1-3-5-7-9-11(13)12(14)10-8-6-4-2/h11-14H,3-10H2,1-2H3/t11-,12-/m0/s1. The first-order valence-corrected chi connectivity index (χ1v) is 6.08. The molecule has 0 saturated heterocycles. The van der Waals surface area contributed by atoms with Gasteiger partial charge in [0.1, 0.15) is 0 Å². The smallest absolute Gasteiger partial charge is 0.0799 e. The molecule has 0 aromatic carbocycles. The molecule has 2 atom stereocenters. The summed E-state index contributed by atoms with van der Waals surface area (Å²) < 4.78 is 0. The molecule has 0 heterocycles. The molecule has 0 spiro atoms. The Morgan fingerprint density at radius 2 is 1.07 bits per heavy atom. The van der Waals surface area contributed by atoms with Crippen molar-refractivity contribution in [3.63, 3.8) is 0 Å². The van der Waals surface area contributed by atoms with Gasteiger partial charge in [-0.25, -0.2) is 0 Å². The van der Waals surface area contributed by atoms with E-state index in [1.165, 1.54) is 12.8 Å². The van der Waals surface area contributed by atoms with Crippen LogP contribution in [-0.2, 0) is 0 Å². The van der Waals surface area contributed by atoms with Gasteiger partial charge in [-0.15, -0.1) is 0 Å². The molecule has 2 heteroatoms. The van der Waals surface area contributed by atoms with E-state index in [9.17, 15) is 10.2 Å². The van der Waals surface area contributed by atoms with Crippen molar-refractivity contribution in [2.45, 2.75) is 77.4 Å². The van der Waals surface area contributed by atoms with Gasteiger partial charge in [-0.1, -0.05) is 52.4 Å². The molecule has 0 aromatic rings. The van der Waals surface area contributed by atoms with Gasteiger partial charge in [0.15, 0.2) is 0 Å². The number of hydrogen-bond acceptors (Lipinski definition) is 2. The van der Waals surface area contributed by atoms with Gasteiger partial charge >= 0.3 is 0 Å². The SMILES string of the molecule is CCCCC[C@H](O)[C@@H](O)CCCCC. The van der Waals surface area contributed by atoms with E-state index in [0.717, 1.165) is 38.5 Å². The lowest BCUT2D eigenvalue weighted by Gasteiger charge is -2.17. The van der Waals surface area contributed by atoms with E-state index in [0.29, 0.717) is 0 Å². The average molecular weight is 202 g/mol. The number of aliphatic hydroxyl groups is 2. The lowest BCUT2D eigenvalue weighted by molar-refractivity contribution is 0.00725. The third-order valence-corrected chi connectivity index (χ3v) is 2.65. The predicted molar refractivity (Wildman–Crippen MR) is 60.3 cm³/mol. The predicted octanol–water partition coefficient (Wildman–Crippen LogP) is 2.87. The van der Waals surface area contributed by atoms with Gasteiger partial charge in [-0.05, 0) is 12.8 Å². The molecular weight excluding hydrogens is 176 g/mol. The molecule has 2 nitrogen and oxygen atoms in total. The van der Waals surface area contributed by atoms with Crippen LogP contribution in [0.25, 0.3) is 0 Å². The Balaban J connectivity index is 3.39. The third kappa shape index (κ3) is 7.34. The molecule has 0 aromatic heterocycles. The Morgan fingerprint density at radius 1 is 0.714 bits per heavy atom. The highest BCUT2D eigenvalue weighted by atomic mass is 16.3. The third-order valence-electron chi connectivity index (χ3n) is 2.65. The topological polar surface area (TPSA) is 40.5 Å². The quantitative estimate of drug-likeness (QED) is 0.564. The highest BCUT2D eigenvalue weighted by molar-refractivity contribution is 4.67. The Morgan fingerprint density at radius 3 is 1.36 bits per heavy atom. The Kier molecular flexibility index (Phi) is 9.42. The second-order valence-electron chi connectivity index (χ2n) is 4.13. The first-order valence-electron chi connectivity index (χ1n) is 6.08. The highest BCUT2D eigenvalue weighted by Crippen LogP contribution is 2.12. The number of rotatable bonds is 9. The van der Waals surface area contributed by atoms with E-state index in [-0.39, 0.29) is 0 Å². The average Bonchev–Trinajstić information content (AvgIpc) is 2.18. The van der Waals surface area contributed by atoms with Gasteiger partial charge in [-0.3, -0.25) is 0 Å². The first-order chi connectivity index (χ1) is 6.72. The highest BCUT2D eigenvalue weighted by Gasteiger charge is 2.14. The van der Waals surface area contributed by atoms with Gasteiger partial charge in [-0.2, -0.15) is 0 Å². The molecule has 0 rings (SSSR count). The summed E-state index contributed by atoms with van der Waals surface area (Å²) in [6, 6.07) is 0. The molecule has 0 bridgehead atoms. The summed E-state index contributed by atoms with van der Waals surface area (Å²) in [5.74, 6) is 0. The van der Waals surface area contributed by atoms with E-state index in [1.807, 2.05) is 0 Å². The lowest BCUT2D eigenvalue weighted by atomic mass is 10.0. The normalized spacial score (nSPS) is 15.4.